The van der Waals surface area contributed by atoms with E-state index in [2.05, 4.69) is 22.5 Å². The Bertz CT molecular complexity index is 1150. The van der Waals surface area contributed by atoms with Gasteiger partial charge in [0.1, 0.15) is 0 Å². The summed E-state index contributed by atoms with van der Waals surface area (Å²) in [7, 11) is 0. The van der Waals surface area contributed by atoms with Gasteiger partial charge in [0.05, 0.1) is 18.2 Å². The topological polar surface area (TPSA) is 67.2 Å². The Morgan fingerprint density at radius 1 is 1.06 bits per heavy atom. The van der Waals surface area contributed by atoms with Crippen molar-refractivity contribution in [1.29, 1.82) is 0 Å². The van der Waals surface area contributed by atoms with Gasteiger partial charge < -0.3 is 10.2 Å². The monoisotopic (exact) mass is 430 g/mol. The van der Waals surface area contributed by atoms with E-state index in [1.807, 2.05) is 68.8 Å². The van der Waals surface area contributed by atoms with Crippen molar-refractivity contribution in [2.24, 2.45) is 5.92 Å². The van der Waals surface area contributed by atoms with Crippen molar-refractivity contribution < 1.29 is 9.59 Å². The maximum absolute atomic E-state index is 12.9. The SMILES string of the molecule is Cc1cccc(N2CC(C(=O)NCc3c(C)nn(Cc4ccccc4)c3C)CC2=O)c1C. The number of aryl methyl sites for hydroxylation is 2. The number of hydrogen-bond acceptors (Lipinski definition) is 3. The molecule has 166 valence electrons. The Balaban J connectivity index is 1.41. The van der Waals surface area contributed by atoms with Gasteiger partial charge in [-0.1, -0.05) is 42.5 Å². The first kappa shape index (κ1) is 21.8. The molecule has 1 unspecified atom stereocenters. The van der Waals surface area contributed by atoms with Gasteiger partial charge >= 0.3 is 0 Å². The summed E-state index contributed by atoms with van der Waals surface area (Å²) in [6.07, 6.45) is 0.241. The Morgan fingerprint density at radius 2 is 1.81 bits per heavy atom. The highest BCUT2D eigenvalue weighted by atomic mass is 16.2. The molecule has 0 bridgehead atoms. The standard InChI is InChI=1S/C26H30N4O2/c1-17-9-8-12-24(18(17)2)29-16-22(13-25(29)31)26(32)27-14-23-19(3)28-30(20(23)4)15-21-10-6-5-7-11-21/h5-12,22H,13-16H2,1-4H3,(H,27,32). The summed E-state index contributed by atoms with van der Waals surface area (Å²) in [4.78, 5) is 27.3. The van der Waals surface area contributed by atoms with Gasteiger partial charge in [0.15, 0.2) is 0 Å². The number of nitrogens with one attached hydrogen (secondary N) is 1. The largest absolute Gasteiger partial charge is 0.352 e. The molecule has 3 aromatic rings. The molecule has 1 aliphatic heterocycles. The molecule has 6 nitrogen and oxygen atoms in total. The van der Waals surface area contributed by atoms with Crippen molar-refractivity contribution in [1.82, 2.24) is 15.1 Å². The molecule has 1 aliphatic rings. The number of nitrogens with zero attached hydrogens (tertiary/aromatic N) is 3. The molecule has 4 rings (SSSR count). The third kappa shape index (κ3) is 4.31. The van der Waals surface area contributed by atoms with E-state index in [9.17, 15) is 9.59 Å². The molecule has 6 heteroatoms. The fourth-order valence-electron chi connectivity index (χ4n) is 4.36. The highest BCUT2D eigenvalue weighted by Gasteiger charge is 2.35. The van der Waals surface area contributed by atoms with Gasteiger partial charge in [0, 0.05) is 36.5 Å². The molecule has 2 heterocycles. The second-order valence-electron chi connectivity index (χ2n) is 8.63. The minimum atomic E-state index is -0.345. The van der Waals surface area contributed by atoms with E-state index < -0.39 is 0 Å². The average Bonchev–Trinajstić information content (AvgIpc) is 3.28. The molecule has 2 amide bonds. The molecule has 32 heavy (non-hydrogen) atoms. The van der Waals surface area contributed by atoms with Crippen LogP contribution in [0.2, 0.25) is 0 Å². The maximum Gasteiger partial charge on any atom is 0.227 e. The van der Waals surface area contributed by atoms with Crippen LogP contribution in [0.4, 0.5) is 5.69 Å². The van der Waals surface area contributed by atoms with Crippen molar-refractivity contribution in [3.05, 3.63) is 82.2 Å². The third-order valence-electron chi connectivity index (χ3n) is 6.51. The van der Waals surface area contributed by atoms with Gasteiger partial charge in [0.25, 0.3) is 0 Å². The lowest BCUT2D eigenvalue weighted by molar-refractivity contribution is -0.126. The minimum absolute atomic E-state index is 0.00175. The lowest BCUT2D eigenvalue weighted by Gasteiger charge is -2.20. The molecule has 1 aromatic heterocycles. The molecule has 0 saturated carbocycles. The highest BCUT2D eigenvalue weighted by Crippen LogP contribution is 2.29. The Hall–Kier alpha value is -3.41. The molecule has 0 radical (unpaired) electrons. The van der Waals surface area contributed by atoms with Crippen LogP contribution in [0.5, 0.6) is 0 Å². The van der Waals surface area contributed by atoms with Gasteiger partial charge in [-0.15, -0.1) is 0 Å². The molecular formula is C26H30N4O2. The first-order valence-corrected chi connectivity index (χ1v) is 11.1. The zero-order valence-electron chi connectivity index (χ0n) is 19.2. The Morgan fingerprint density at radius 3 is 2.56 bits per heavy atom. The van der Waals surface area contributed by atoms with E-state index in [-0.39, 0.29) is 24.2 Å². The molecule has 1 N–H and O–H groups in total. The van der Waals surface area contributed by atoms with Gasteiger partial charge in [-0.3, -0.25) is 14.3 Å². The fraction of sp³-hybridized carbons (Fsp3) is 0.346. The molecule has 0 spiro atoms. The average molecular weight is 431 g/mol. The lowest BCUT2D eigenvalue weighted by atomic mass is 10.1. The smallest absolute Gasteiger partial charge is 0.227 e. The molecule has 2 aromatic carbocycles. The van der Waals surface area contributed by atoms with Crippen molar-refractivity contribution in [2.45, 2.75) is 47.2 Å². The normalized spacial score (nSPS) is 15.9. The zero-order chi connectivity index (χ0) is 22.8. The van der Waals surface area contributed by atoms with Gasteiger partial charge in [-0.25, -0.2) is 0 Å². The summed E-state index contributed by atoms with van der Waals surface area (Å²) >= 11 is 0. The predicted octanol–water partition coefficient (Wildman–Crippen LogP) is 3.83. The van der Waals surface area contributed by atoms with Gasteiger partial charge in [-0.05, 0) is 50.5 Å². The van der Waals surface area contributed by atoms with Crippen molar-refractivity contribution in [3.63, 3.8) is 0 Å². The van der Waals surface area contributed by atoms with E-state index in [1.165, 1.54) is 5.56 Å². The first-order valence-electron chi connectivity index (χ1n) is 11.1. The van der Waals surface area contributed by atoms with Crippen LogP contribution < -0.4 is 10.2 Å². The number of hydrogen-bond donors (Lipinski definition) is 1. The molecule has 0 aliphatic carbocycles. The van der Waals surface area contributed by atoms with Crippen LogP contribution in [0.1, 0.15) is 40.1 Å². The minimum Gasteiger partial charge on any atom is -0.352 e. The van der Waals surface area contributed by atoms with E-state index in [4.69, 9.17) is 0 Å². The predicted molar refractivity (Wildman–Crippen MR) is 125 cm³/mol. The summed E-state index contributed by atoms with van der Waals surface area (Å²) in [6.45, 7) is 9.59. The van der Waals surface area contributed by atoms with Crippen LogP contribution in [0.15, 0.2) is 48.5 Å². The van der Waals surface area contributed by atoms with Gasteiger partial charge in [-0.2, -0.15) is 5.10 Å². The number of aromatic nitrogens is 2. The zero-order valence-corrected chi connectivity index (χ0v) is 19.2. The number of carbonyl (C=O) groups excluding carboxylic acids is 2. The summed E-state index contributed by atoms with van der Waals surface area (Å²) in [5, 5.41) is 7.71. The van der Waals surface area contributed by atoms with Crippen LogP contribution >= 0.6 is 0 Å². The fourth-order valence-corrected chi connectivity index (χ4v) is 4.36. The highest BCUT2D eigenvalue weighted by molar-refractivity contribution is 6.00. The van der Waals surface area contributed by atoms with Crippen LogP contribution in [0, 0.1) is 33.6 Å². The number of carbonyl (C=O) groups is 2. The maximum atomic E-state index is 12.9. The lowest BCUT2D eigenvalue weighted by Crippen LogP contribution is -2.33. The summed E-state index contributed by atoms with van der Waals surface area (Å²) in [6, 6.07) is 16.1. The molecule has 1 fully saturated rings. The van der Waals surface area contributed by atoms with Crippen molar-refractivity contribution in [2.75, 3.05) is 11.4 Å². The molecular weight excluding hydrogens is 400 g/mol. The Labute approximate surface area is 189 Å². The number of rotatable bonds is 6. The number of amides is 2. The van der Waals surface area contributed by atoms with E-state index in [0.29, 0.717) is 19.6 Å². The quantitative estimate of drug-likeness (QED) is 0.646. The molecule has 1 atom stereocenters. The van der Waals surface area contributed by atoms with E-state index in [1.54, 1.807) is 4.90 Å². The van der Waals surface area contributed by atoms with Crippen LogP contribution in [0.3, 0.4) is 0 Å². The van der Waals surface area contributed by atoms with E-state index in [0.717, 1.165) is 33.8 Å². The second kappa shape index (κ2) is 8.99. The van der Waals surface area contributed by atoms with E-state index >= 15 is 0 Å². The van der Waals surface area contributed by atoms with Crippen molar-refractivity contribution in [3.8, 4) is 0 Å². The van der Waals surface area contributed by atoms with Gasteiger partial charge in [0.2, 0.25) is 11.8 Å². The van der Waals surface area contributed by atoms with Crippen LogP contribution in [-0.4, -0.2) is 28.1 Å². The Kier molecular flexibility index (Phi) is 6.12. The van der Waals surface area contributed by atoms with Crippen molar-refractivity contribution >= 4 is 17.5 Å². The number of benzene rings is 2. The summed E-state index contributed by atoms with van der Waals surface area (Å²) in [5.74, 6) is -0.426. The molecule has 1 saturated heterocycles. The van der Waals surface area contributed by atoms with Crippen LogP contribution in [-0.2, 0) is 22.7 Å². The second-order valence-corrected chi connectivity index (χ2v) is 8.63. The number of anilines is 1. The summed E-state index contributed by atoms with van der Waals surface area (Å²) in [5.41, 5.74) is 7.30. The first-order chi connectivity index (χ1) is 15.3. The third-order valence-corrected chi connectivity index (χ3v) is 6.51. The van der Waals surface area contributed by atoms with Crippen LogP contribution in [0.25, 0.3) is 0 Å². The summed E-state index contributed by atoms with van der Waals surface area (Å²) < 4.78 is 1.98.